The van der Waals surface area contributed by atoms with E-state index in [2.05, 4.69) is 23.5 Å². The lowest BCUT2D eigenvalue weighted by Gasteiger charge is -2.22. The lowest BCUT2D eigenvalue weighted by atomic mass is 10.1. The van der Waals surface area contributed by atoms with Crippen LogP contribution in [0.5, 0.6) is 0 Å². The van der Waals surface area contributed by atoms with Gasteiger partial charge in [-0.25, -0.2) is 0 Å². The molecule has 3 aliphatic heterocycles. The molecule has 224 valence electrons. The fraction of sp³-hybridized carbons (Fsp3) is 0.793. The van der Waals surface area contributed by atoms with Crippen LogP contribution < -0.4 is 11.1 Å². The van der Waals surface area contributed by atoms with E-state index < -0.39 is 5.97 Å². The summed E-state index contributed by atoms with van der Waals surface area (Å²) < 4.78 is 0. The molecule has 3 aliphatic rings. The third kappa shape index (κ3) is 12.8. The summed E-state index contributed by atoms with van der Waals surface area (Å²) in [7, 11) is 0. The van der Waals surface area contributed by atoms with Crippen molar-refractivity contribution in [2.45, 2.75) is 104 Å². The Kier molecular flexibility index (Phi) is 19.0. The van der Waals surface area contributed by atoms with E-state index in [4.69, 9.17) is 26.6 Å². The molecule has 6 atom stereocenters. The number of hydrogen-bond acceptors (Lipinski definition) is 8. The third-order valence-electron chi connectivity index (χ3n) is 7.43. The molecule has 0 aliphatic carbocycles. The van der Waals surface area contributed by atoms with Crippen molar-refractivity contribution in [3.05, 3.63) is 0 Å². The predicted molar refractivity (Wildman–Crippen MR) is 152 cm³/mol. The number of nitrogens with two attached hydrogens (primary N) is 1. The molecule has 3 heterocycles. The third-order valence-corrected chi connectivity index (χ3v) is 7.43. The van der Waals surface area contributed by atoms with Crippen LogP contribution in [0.4, 0.5) is 0 Å². The normalized spacial score (nSPS) is 23.2. The number of amides is 2. The van der Waals surface area contributed by atoms with Gasteiger partial charge in [-0.2, -0.15) is 15.8 Å². The van der Waals surface area contributed by atoms with Gasteiger partial charge in [0.2, 0.25) is 11.8 Å². The van der Waals surface area contributed by atoms with E-state index in [-0.39, 0.29) is 47.7 Å². The van der Waals surface area contributed by atoms with Gasteiger partial charge in [-0.1, -0.05) is 34.6 Å². The first-order chi connectivity index (χ1) is 19.0. The number of carbonyl (C=O) groups is 3. The number of carboxylic acid groups (broad SMARTS) is 1. The number of nitrogens with zero attached hydrogens (tertiary/aromatic N) is 5. The highest BCUT2D eigenvalue weighted by molar-refractivity contribution is 5.80. The first-order valence-electron chi connectivity index (χ1n) is 14.5. The highest BCUT2D eigenvalue weighted by Gasteiger charge is 2.31. The second-order valence-corrected chi connectivity index (χ2v) is 10.5. The Morgan fingerprint density at radius 2 is 1.30 bits per heavy atom. The summed E-state index contributed by atoms with van der Waals surface area (Å²) in [6.45, 7) is 12.1. The van der Waals surface area contributed by atoms with Crippen LogP contribution in [0, 0.1) is 51.7 Å². The zero-order valence-electron chi connectivity index (χ0n) is 24.9. The van der Waals surface area contributed by atoms with E-state index in [1.807, 2.05) is 20.8 Å². The van der Waals surface area contributed by atoms with E-state index in [1.165, 1.54) is 0 Å². The number of nitriles is 3. The first kappa shape index (κ1) is 36.8. The van der Waals surface area contributed by atoms with Crippen molar-refractivity contribution in [2.75, 3.05) is 26.2 Å². The molecular formula is C29H49N7O4. The lowest BCUT2D eigenvalue weighted by Crippen LogP contribution is -2.40. The summed E-state index contributed by atoms with van der Waals surface area (Å²) in [6, 6.07) is 6.24. The lowest BCUT2D eigenvalue weighted by molar-refractivity contribution is -0.141. The largest absolute Gasteiger partial charge is 0.481 e. The van der Waals surface area contributed by atoms with Gasteiger partial charge in [0.1, 0.15) is 12.1 Å². The molecule has 0 aromatic heterocycles. The topological polar surface area (TPSA) is 187 Å². The van der Waals surface area contributed by atoms with Crippen LogP contribution in [0.1, 0.15) is 86.0 Å². The van der Waals surface area contributed by atoms with Crippen molar-refractivity contribution in [1.29, 1.82) is 15.8 Å². The zero-order chi connectivity index (χ0) is 30.7. The molecule has 0 radical (unpaired) electrons. The van der Waals surface area contributed by atoms with Gasteiger partial charge in [-0.15, -0.1) is 0 Å². The molecule has 11 nitrogen and oxygen atoms in total. The van der Waals surface area contributed by atoms with Crippen LogP contribution >= 0.6 is 0 Å². The van der Waals surface area contributed by atoms with Crippen molar-refractivity contribution < 1.29 is 19.5 Å². The van der Waals surface area contributed by atoms with Crippen LogP contribution in [0.3, 0.4) is 0 Å². The second kappa shape index (κ2) is 20.7. The van der Waals surface area contributed by atoms with Gasteiger partial charge in [0, 0.05) is 31.5 Å². The smallest absolute Gasteiger partial charge is 0.306 e. The molecule has 0 saturated carbocycles. The van der Waals surface area contributed by atoms with Crippen molar-refractivity contribution >= 4 is 17.8 Å². The number of nitrogens with one attached hydrogen (secondary N) is 1. The maximum absolute atomic E-state index is 11.7. The molecule has 0 aromatic carbocycles. The molecule has 3 fully saturated rings. The van der Waals surface area contributed by atoms with Crippen LogP contribution in [0.15, 0.2) is 0 Å². The standard InChI is InChI=1S/C10H16N2O.C9H15N3O.C5H8N2.C5H10O2/c1-3-8(2)10(13)12-6-4-5-9(12)7-11;1-7(5-10)9(13)12-4-2-3-8(12)6-11;6-4-5-2-1-3-7-5;1-3-4(2)5(6)7/h8-9H,3-6H2,1-2H3;7-8H,2-5,10H2,1H3;5,7H,1-3H2;4H,3H2,1-2H3,(H,6,7)/t8-,9-;7-,8-;5-;4-/m0000/s1. The molecule has 0 bridgehead atoms. The number of carboxylic acids is 1. The molecular weight excluding hydrogens is 510 g/mol. The number of rotatable bonds is 6. The van der Waals surface area contributed by atoms with Crippen molar-refractivity contribution in [3.63, 3.8) is 0 Å². The Hall–Kier alpha value is -3.20. The Balaban J connectivity index is 0.000000529. The molecule has 2 amide bonds. The molecule has 0 unspecified atom stereocenters. The quantitative estimate of drug-likeness (QED) is 0.439. The molecule has 0 spiro atoms. The summed E-state index contributed by atoms with van der Waals surface area (Å²) in [6.07, 6.45) is 7.33. The highest BCUT2D eigenvalue weighted by Crippen LogP contribution is 2.20. The molecule has 40 heavy (non-hydrogen) atoms. The number of likely N-dealkylation sites (tertiary alicyclic amines) is 2. The zero-order valence-corrected chi connectivity index (χ0v) is 24.9. The summed E-state index contributed by atoms with van der Waals surface area (Å²) in [4.78, 5) is 36.7. The average molecular weight is 560 g/mol. The average Bonchev–Trinajstić information content (AvgIpc) is 3.77. The fourth-order valence-electron chi connectivity index (χ4n) is 4.14. The minimum atomic E-state index is -0.706. The van der Waals surface area contributed by atoms with Crippen molar-refractivity contribution in [3.8, 4) is 18.2 Å². The van der Waals surface area contributed by atoms with E-state index in [1.54, 1.807) is 23.6 Å². The Labute approximate surface area is 240 Å². The first-order valence-corrected chi connectivity index (χ1v) is 14.5. The molecule has 3 rings (SSSR count). The number of hydrogen-bond donors (Lipinski definition) is 3. The molecule has 3 saturated heterocycles. The van der Waals surface area contributed by atoms with Gasteiger partial charge in [-0.05, 0) is 57.9 Å². The Morgan fingerprint density at radius 1 is 0.825 bits per heavy atom. The number of aliphatic carboxylic acids is 1. The van der Waals surface area contributed by atoms with Gasteiger partial charge in [-0.3, -0.25) is 14.4 Å². The van der Waals surface area contributed by atoms with Gasteiger partial charge >= 0.3 is 5.97 Å². The minimum Gasteiger partial charge on any atom is -0.481 e. The van der Waals surface area contributed by atoms with E-state index in [0.717, 1.165) is 64.5 Å². The second-order valence-electron chi connectivity index (χ2n) is 10.5. The number of carbonyl (C=O) groups excluding carboxylic acids is 2. The summed E-state index contributed by atoms with van der Waals surface area (Å²) >= 11 is 0. The monoisotopic (exact) mass is 559 g/mol. The van der Waals surface area contributed by atoms with Gasteiger partial charge in [0.05, 0.1) is 30.2 Å². The van der Waals surface area contributed by atoms with Crippen LogP contribution in [0.25, 0.3) is 0 Å². The van der Waals surface area contributed by atoms with Gasteiger partial charge in [0.25, 0.3) is 0 Å². The SMILES string of the molecule is CC[C@H](C)C(=O)N1CCC[C@H]1C#N.CC[C@H](C)C(=O)O.C[C@@H](CN)C(=O)N1CCC[C@H]1C#N.N#C[C@@H]1CCCN1. The Morgan fingerprint density at radius 3 is 1.57 bits per heavy atom. The van der Waals surface area contributed by atoms with Gasteiger partial charge in [0.15, 0.2) is 0 Å². The van der Waals surface area contributed by atoms with Crippen LogP contribution in [-0.4, -0.2) is 77.0 Å². The summed E-state index contributed by atoms with van der Waals surface area (Å²) in [5.41, 5.74) is 5.40. The summed E-state index contributed by atoms with van der Waals surface area (Å²) in [5, 5.41) is 37.0. The van der Waals surface area contributed by atoms with E-state index >= 15 is 0 Å². The maximum Gasteiger partial charge on any atom is 0.306 e. The predicted octanol–water partition coefficient (Wildman–Crippen LogP) is 3.02. The van der Waals surface area contributed by atoms with E-state index in [0.29, 0.717) is 13.1 Å². The summed E-state index contributed by atoms with van der Waals surface area (Å²) in [5.74, 6) is -0.816. The molecule has 0 aromatic rings. The Bertz CT molecular complexity index is 852. The van der Waals surface area contributed by atoms with Gasteiger partial charge < -0.3 is 26.0 Å². The molecule has 4 N–H and O–H groups in total. The maximum atomic E-state index is 11.7. The van der Waals surface area contributed by atoms with Crippen molar-refractivity contribution in [1.82, 2.24) is 15.1 Å². The molecule has 11 heteroatoms. The fourth-order valence-corrected chi connectivity index (χ4v) is 4.14. The van der Waals surface area contributed by atoms with Crippen LogP contribution in [-0.2, 0) is 14.4 Å². The van der Waals surface area contributed by atoms with Crippen LogP contribution in [0.2, 0.25) is 0 Å². The minimum absolute atomic E-state index is 0.0200. The highest BCUT2D eigenvalue weighted by atomic mass is 16.4. The van der Waals surface area contributed by atoms with Crippen molar-refractivity contribution in [2.24, 2.45) is 23.5 Å². The van der Waals surface area contributed by atoms with E-state index in [9.17, 15) is 14.4 Å².